The molecule has 0 saturated heterocycles. The molecule has 32 heavy (non-hydrogen) atoms. The molecule has 1 aliphatic carbocycles. The van der Waals surface area contributed by atoms with Crippen molar-refractivity contribution in [2.24, 2.45) is 0 Å². The molecule has 3 rings (SSSR count). The standard InChI is InChI=1S/C26H33FN2O2S/c1-2-24(26(31)28-23-11-7-4-8-12-23)29(17-20-9-5-3-6-10-20)25(30)19-32-18-21-13-15-22(27)16-14-21/h3,5-6,9-10,13-16,23-24H,2,4,7-8,11-12,17-19H2,1H3,(H,28,31)/t24-/m1/s1. The van der Waals surface area contributed by atoms with Crippen LogP contribution < -0.4 is 5.32 Å². The topological polar surface area (TPSA) is 49.4 Å². The summed E-state index contributed by atoms with van der Waals surface area (Å²) in [7, 11) is 0. The maximum Gasteiger partial charge on any atom is 0.243 e. The first-order chi connectivity index (χ1) is 15.6. The van der Waals surface area contributed by atoms with Crippen molar-refractivity contribution in [3.05, 3.63) is 71.5 Å². The first-order valence-corrected chi connectivity index (χ1v) is 12.7. The Morgan fingerprint density at radius 2 is 1.72 bits per heavy atom. The van der Waals surface area contributed by atoms with Gasteiger partial charge in [-0.15, -0.1) is 11.8 Å². The van der Waals surface area contributed by atoms with E-state index < -0.39 is 6.04 Å². The summed E-state index contributed by atoms with van der Waals surface area (Å²) in [5.41, 5.74) is 1.98. The molecule has 0 unspecified atom stereocenters. The Balaban J connectivity index is 1.66. The zero-order valence-electron chi connectivity index (χ0n) is 18.8. The molecule has 1 saturated carbocycles. The van der Waals surface area contributed by atoms with E-state index in [1.807, 2.05) is 37.3 Å². The van der Waals surface area contributed by atoms with Crippen LogP contribution in [0.25, 0.3) is 0 Å². The molecular formula is C26H33FN2O2S. The van der Waals surface area contributed by atoms with E-state index in [-0.39, 0.29) is 29.4 Å². The third-order valence-electron chi connectivity index (χ3n) is 5.94. The molecule has 0 bridgehead atoms. The molecule has 1 aliphatic rings. The molecule has 4 nitrogen and oxygen atoms in total. The predicted molar refractivity (Wildman–Crippen MR) is 129 cm³/mol. The highest BCUT2D eigenvalue weighted by Gasteiger charge is 2.30. The highest BCUT2D eigenvalue weighted by atomic mass is 32.2. The molecule has 1 N–H and O–H groups in total. The SMILES string of the molecule is CC[C@H](C(=O)NC1CCCCC1)N(Cc1ccccc1)C(=O)CSCc1ccc(F)cc1. The second kappa shape index (κ2) is 12.6. The van der Waals surface area contributed by atoms with Crippen molar-refractivity contribution >= 4 is 23.6 Å². The number of hydrogen-bond donors (Lipinski definition) is 1. The Bertz CT molecular complexity index is 854. The van der Waals surface area contributed by atoms with Gasteiger partial charge in [-0.05, 0) is 42.5 Å². The molecule has 0 aliphatic heterocycles. The van der Waals surface area contributed by atoms with E-state index in [1.54, 1.807) is 17.0 Å². The van der Waals surface area contributed by atoms with E-state index in [4.69, 9.17) is 0 Å². The number of carbonyl (C=O) groups is 2. The monoisotopic (exact) mass is 456 g/mol. The quantitative estimate of drug-likeness (QED) is 0.527. The fourth-order valence-corrected chi connectivity index (χ4v) is 5.03. The molecule has 0 spiro atoms. The van der Waals surface area contributed by atoms with Crippen LogP contribution in [0, 0.1) is 5.82 Å². The summed E-state index contributed by atoms with van der Waals surface area (Å²) in [5, 5.41) is 3.20. The van der Waals surface area contributed by atoms with Crippen LogP contribution in [0.4, 0.5) is 4.39 Å². The van der Waals surface area contributed by atoms with Crippen molar-refractivity contribution in [1.82, 2.24) is 10.2 Å². The molecule has 2 amide bonds. The first kappa shape index (κ1) is 24.3. The van der Waals surface area contributed by atoms with Crippen molar-refractivity contribution in [3.63, 3.8) is 0 Å². The number of nitrogens with one attached hydrogen (secondary N) is 1. The van der Waals surface area contributed by atoms with E-state index >= 15 is 0 Å². The molecule has 1 fully saturated rings. The Morgan fingerprint density at radius 3 is 2.38 bits per heavy atom. The van der Waals surface area contributed by atoms with Crippen LogP contribution >= 0.6 is 11.8 Å². The van der Waals surface area contributed by atoms with Crippen LogP contribution in [-0.2, 0) is 21.9 Å². The Kier molecular flexibility index (Phi) is 9.60. The molecule has 0 aromatic heterocycles. The number of nitrogens with zero attached hydrogens (tertiary/aromatic N) is 1. The fraction of sp³-hybridized carbons (Fsp3) is 0.462. The van der Waals surface area contributed by atoms with Crippen molar-refractivity contribution in [2.75, 3.05) is 5.75 Å². The zero-order valence-corrected chi connectivity index (χ0v) is 19.6. The molecular weight excluding hydrogens is 423 g/mol. The van der Waals surface area contributed by atoms with E-state index in [9.17, 15) is 14.0 Å². The highest BCUT2D eigenvalue weighted by molar-refractivity contribution is 7.99. The van der Waals surface area contributed by atoms with Gasteiger partial charge in [0.15, 0.2) is 0 Å². The largest absolute Gasteiger partial charge is 0.352 e. The molecule has 0 radical (unpaired) electrons. The lowest BCUT2D eigenvalue weighted by Crippen LogP contribution is -2.52. The number of halogens is 1. The van der Waals surface area contributed by atoms with E-state index in [0.29, 0.717) is 18.7 Å². The summed E-state index contributed by atoms with van der Waals surface area (Å²) >= 11 is 1.49. The first-order valence-electron chi connectivity index (χ1n) is 11.5. The van der Waals surface area contributed by atoms with Gasteiger partial charge in [0.1, 0.15) is 11.9 Å². The number of amides is 2. The molecule has 2 aromatic carbocycles. The van der Waals surface area contributed by atoms with Crippen molar-refractivity contribution in [1.29, 1.82) is 0 Å². The van der Waals surface area contributed by atoms with Crippen molar-refractivity contribution < 1.29 is 14.0 Å². The maximum atomic E-state index is 13.3. The van der Waals surface area contributed by atoms with Crippen LogP contribution in [0.1, 0.15) is 56.6 Å². The minimum absolute atomic E-state index is 0.0489. The normalized spacial score (nSPS) is 15.2. The lowest BCUT2D eigenvalue weighted by molar-refractivity contribution is -0.139. The number of thioether (sulfide) groups is 1. The van der Waals surface area contributed by atoms with Gasteiger partial charge in [-0.2, -0.15) is 0 Å². The van der Waals surface area contributed by atoms with Crippen LogP contribution in [-0.4, -0.2) is 34.6 Å². The summed E-state index contributed by atoms with van der Waals surface area (Å²) in [6.45, 7) is 2.37. The van der Waals surface area contributed by atoms with Crippen LogP contribution in [0.2, 0.25) is 0 Å². The number of benzene rings is 2. The highest BCUT2D eigenvalue weighted by Crippen LogP contribution is 2.20. The van der Waals surface area contributed by atoms with E-state index in [1.165, 1.54) is 30.3 Å². The average Bonchev–Trinajstić information content (AvgIpc) is 2.81. The van der Waals surface area contributed by atoms with Gasteiger partial charge < -0.3 is 10.2 Å². The van der Waals surface area contributed by atoms with Gasteiger partial charge in [0.2, 0.25) is 11.8 Å². The molecule has 172 valence electrons. The smallest absolute Gasteiger partial charge is 0.243 e. The average molecular weight is 457 g/mol. The third-order valence-corrected chi connectivity index (χ3v) is 6.93. The van der Waals surface area contributed by atoms with Crippen LogP contribution in [0.15, 0.2) is 54.6 Å². The Labute approximate surface area is 195 Å². The van der Waals surface area contributed by atoms with Crippen LogP contribution in [0.3, 0.4) is 0 Å². The van der Waals surface area contributed by atoms with Crippen molar-refractivity contribution in [2.45, 2.75) is 69.8 Å². The summed E-state index contributed by atoms with van der Waals surface area (Å²) in [6.07, 6.45) is 6.13. The van der Waals surface area contributed by atoms with Crippen molar-refractivity contribution in [3.8, 4) is 0 Å². The maximum absolute atomic E-state index is 13.3. The molecule has 6 heteroatoms. The number of rotatable bonds is 10. The van der Waals surface area contributed by atoms with E-state index in [2.05, 4.69) is 5.32 Å². The van der Waals surface area contributed by atoms with Gasteiger partial charge in [-0.25, -0.2) is 4.39 Å². The van der Waals surface area contributed by atoms with Gasteiger partial charge in [0, 0.05) is 18.3 Å². The third kappa shape index (κ3) is 7.37. The summed E-state index contributed by atoms with van der Waals surface area (Å²) in [6, 6.07) is 15.9. The minimum atomic E-state index is -0.490. The second-order valence-electron chi connectivity index (χ2n) is 8.39. The Hall–Kier alpha value is -2.34. The van der Waals surface area contributed by atoms with Gasteiger partial charge in [-0.1, -0.05) is 68.7 Å². The number of carbonyl (C=O) groups excluding carboxylic acids is 2. The Morgan fingerprint density at radius 1 is 1.03 bits per heavy atom. The summed E-state index contributed by atoms with van der Waals surface area (Å²) in [4.78, 5) is 28.1. The molecule has 2 aromatic rings. The lowest BCUT2D eigenvalue weighted by Gasteiger charge is -2.32. The molecule has 1 atom stereocenters. The van der Waals surface area contributed by atoms with Crippen LogP contribution in [0.5, 0.6) is 0 Å². The fourth-order valence-electron chi connectivity index (χ4n) is 4.16. The zero-order chi connectivity index (χ0) is 22.8. The van der Waals surface area contributed by atoms with Gasteiger partial charge >= 0.3 is 0 Å². The second-order valence-corrected chi connectivity index (χ2v) is 9.38. The summed E-state index contributed by atoms with van der Waals surface area (Å²) in [5.74, 6) is 0.533. The molecule has 0 heterocycles. The predicted octanol–water partition coefficient (Wildman–Crippen LogP) is 5.32. The van der Waals surface area contributed by atoms with Gasteiger partial charge in [0.25, 0.3) is 0 Å². The lowest BCUT2D eigenvalue weighted by atomic mass is 9.95. The minimum Gasteiger partial charge on any atom is -0.352 e. The summed E-state index contributed by atoms with van der Waals surface area (Å²) < 4.78 is 13.1. The van der Waals surface area contributed by atoms with Gasteiger partial charge in [-0.3, -0.25) is 9.59 Å². The van der Waals surface area contributed by atoms with Gasteiger partial charge in [0.05, 0.1) is 5.75 Å². The van der Waals surface area contributed by atoms with E-state index in [0.717, 1.165) is 36.8 Å². The number of hydrogen-bond acceptors (Lipinski definition) is 3.